The SMILES string of the molecule is CCCCCN(c1cc(C)ncc1C(=O)O)C(C)C. The van der Waals surface area contributed by atoms with E-state index in [4.69, 9.17) is 0 Å². The Kier molecular flexibility index (Phi) is 5.80. The lowest BCUT2D eigenvalue weighted by atomic mass is 10.1. The number of hydrogen-bond acceptors (Lipinski definition) is 3. The molecule has 4 nitrogen and oxygen atoms in total. The first-order chi connectivity index (χ1) is 8.97. The minimum atomic E-state index is -0.913. The van der Waals surface area contributed by atoms with E-state index in [1.54, 1.807) is 0 Å². The fourth-order valence-corrected chi connectivity index (χ4v) is 2.14. The predicted octanol–water partition coefficient (Wildman–Crippen LogP) is 3.49. The zero-order valence-corrected chi connectivity index (χ0v) is 12.3. The first-order valence-corrected chi connectivity index (χ1v) is 6.94. The molecule has 1 aromatic rings. The third-order valence-electron chi connectivity index (χ3n) is 3.18. The molecule has 0 saturated heterocycles. The van der Waals surface area contributed by atoms with Crippen LogP contribution >= 0.6 is 0 Å². The molecule has 0 bridgehead atoms. The Labute approximate surface area is 115 Å². The first-order valence-electron chi connectivity index (χ1n) is 6.94. The van der Waals surface area contributed by atoms with Gasteiger partial charge in [0, 0.05) is 24.5 Å². The van der Waals surface area contributed by atoms with Crippen LogP contribution in [0.4, 0.5) is 5.69 Å². The van der Waals surface area contributed by atoms with E-state index in [-0.39, 0.29) is 11.6 Å². The van der Waals surface area contributed by atoms with Gasteiger partial charge in [0.15, 0.2) is 0 Å². The van der Waals surface area contributed by atoms with Gasteiger partial charge in [-0.2, -0.15) is 0 Å². The molecule has 0 aliphatic carbocycles. The Bertz CT molecular complexity index is 430. The van der Waals surface area contributed by atoms with Crippen molar-refractivity contribution in [3.05, 3.63) is 23.5 Å². The molecular formula is C15H24N2O2. The van der Waals surface area contributed by atoms with Gasteiger partial charge >= 0.3 is 5.97 Å². The number of nitrogens with zero attached hydrogens (tertiary/aromatic N) is 2. The van der Waals surface area contributed by atoms with Gasteiger partial charge in [-0.3, -0.25) is 4.98 Å². The van der Waals surface area contributed by atoms with Crippen LogP contribution < -0.4 is 4.90 Å². The van der Waals surface area contributed by atoms with E-state index >= 15 is 0 Å². The normalized spacial score (nSPS) is 10.8. The molecule has 19 heavy (non-hydrogen) atoms. The number of carboxylic acids is 1. The summed E-state index contributed by atoms with van der Waals surface area (Å²) < 4.78 is 0. The van der Waals surface area contributed by atoms with Gasteiger partial charge < -0.3 is 10.0 Å². The van der Waals surface area contributed by atoms with E-state index in [0.717, 1.165) is 37.2 Å². The standard InChI is InChI=1S/C15H24N2O2/c1-5-6-7-8-17(11(2)3)14-9-12(4)16-10-13(14)15(18)19/h9-11H,5-8H2,1-4H3,(H,18,19). The largest absolute Gasteiger partial charge is 0.478 e. The van der Waals surface area contributed by atoms with Crippen LogP contribution in [0, 0.1) is 6.92 Å². The van der Waals surface area contributed by atoms with Crippen LogP contribution in [0.1, 0.15) is 56.1 Å². The number of carboxylic acid groups (broad SMARTS) is 1. The number of pyridine rings is 1. The number of carbonyl (C=O) groups is 1. The Morgan fingerprint density at radius 2 is 2.11 bits per heavy atom. The quantitative estimate of drug-likeness (QED) is 0.766. The molecular weight excluding hydrogens is 240 g/mol. The van der Waals surface area contributed by atoms with Crippen LogP contribution in [0.25, 0.3) is 0 Å². The Balaban J connectivity index is 3.06. The second-order valence-electron chi connectivity index (χ2n) is 5.14. The molecule has 0 fully saturated rings. The highest BCUT2D eigenvalue weighted by molar-refractivity contribution is 5.94. The zero-order valence-electron chi connectivity index (χ0n) is 12.3. The molecule has 0 aliphatic heterocycles. The molecule has 0 amide bonds. The molecule has 0 radical (unpaired) electrons. The van der Waals surface area contributed by atoms with Gasteiger partial charge in [-0.1, -0.05) is 19.8 Å². The lowest BCUT2D eigenvalue weighted by molar-refractivity contribution is 0.0697. The van der Waals surface area contributed by atoms with Gasteiger partial charge in [0.2, 0.25) is 0 Å². The van der Waals surface area contributed by atoms with E-state index < -0.39 is 5.97 Å². The van der Waals surface area contributed by atoms with E-state index in [1.165, 1.54) is 6.20 Å². The van der Waals surface area contributed by atoms with Crippen molar-refractivity contribution in [3.63, 3.8) is 0 Å². The van der Waals surface area contributed by atoms with Crippen molar-refractivity contribution in [3.8, 4) is 0 Å². The lowest BCUT2D eigenvalue weighted by Crippen LogP contribution is -2.33. The van der Waals surface area contributed by atoms with Gasteiger partial charge in [-0.05, 0) is 33.3 Å². The molecule has 0 saturated carbocycles. The Morgan fingerprint density at radius 3 is 2.63 bits per heavy atom. The van der Waals surface area contributed by atoms with Gasteiger partial charge in [0.1, 0.15) is 5.56 Å². The fraction of sp³-hybridized carbons (Fsp3) is 0.600. The maximum Gasteiger partial charge on any atom is 0.339 e. The molecule has 0 unspecified atom stereocenters. The molecule has 106 valence electrons. The number of aryl methyl sites for hydroxylation is 1. The van der Waals surface area contributed by atoms with E-state index in [2.05, 4.69) is 30.7 Å². The van der Waals surface area contributed by atoms with Crippen LogP contribution in [0.2, 0.25) is 0 Å². The molecule has 1 rings (SSSR count). The van der Waals surface area contributed by atoms with Crippen molar-refractivity contribution < 1.29 is 9.90 Å². The van der Waals surface area contributed by atoms with Crippen molar-refractivity contribution in [1.82, 2.24) is 4.98 Å². The molecule has 1 heterocycles. The molecule has 0 aliphatic rings. The maximum absolute atomic E-state index is 11.3. The highest BCUT2D eigenvalue weighted by Crippen LogP contribution is 2.23. The minimum absolute atomic E-state index is 0.275. The average Bonchev–Trinajstić information content (AvgIpc) is 2.33. The number of anilines is 1. The summed E-state index contributed by atoms with van der Waals surface area (Å²) in [6.07, 6.45) is 4.86. The van der Waals surface area contributed by atoms with Crippen molar-refractivity contribution in [2.75, 3.05) is 11.4 Å². The number of aromatic carboxylic acids is 1. The Morgan fingerprint density at radius 1 is 1.42 bits per heavy atom. The summed E-state index contributed by atoms with van der Waals surface area (Å²) in [5.41, 5.74) is 1.92. The van der Waals surface area contributed by atoms with Crippen LogP contribution in [-0.4, -0.2) is 28.6 Å². The molecule has 0 spiro atoms. The Hall–Kier alpha value is -1.58. The average molecular weight is 264 g/mol. The lowest BCUT2D eigenvalue weighted by Gasteiger charge is -2.30. The summed E-state index contributed by atoms with van der Waals surface area (Å²) in [5.74, 6) is -0.913. The monoisotopic (exact) mass is 264 g/mol. The number of hydrogen-bond donors (Lipinski definition) is 1. The maximum atomic E-state index is 11.3. The summed E-state index contributed by atoms with van der Waals surface area (Å²) in [6, 6.07) is 2.15. The minimum Gasteiger partial charge on any atom is -0.478 e. The summed E-state index contributed by atoms with van der Waals surface area (Å²) >= 11 is 0. The van der Waals surface area contributed by atoms with E-state index in [9.17, 15) is 9.90 Å². The second-order valence-corrected chi connectivity index (χ2v) is 5.14. The van der Waals surface area contributed by atoms with Crippen molar-refractivity contribution >= 4 is 11.7 Å². The first kappa shape index (κ1) is 15.5. The van der Waals surface area contributed by atoms with Crippen molar-refractivity contribution in [2.24, 2.45) is 0 Å². The summed E-state index contributed by atoms with van der Waals surface area (Å²) in [6.45, 7) is 9.12. The number of rotatable bonds is 7. The summed E-state index contributed by atoms with van der Waals surface area (Å²) in [5, 5.41) is 9.29. The topological polar surface area (TPSA) is 53.4 Å². The van der Waals surface area contributed by atoms with Crippen LogP contribution in [0.5, 0.6) is 0 Å². The second kappa shape index (κ2) is 7.12. The number of aromatic nitrogens is 1. The summed E-state index contributed by atoms with van der Waals surface area (Å²) in [7, 11) is 0. The summed E-state index contributed by atoms with van der Waals surface area (Å²) in [4.78, 5) is 17.6. The molecule has 1 aromatic heterocycles. The van der Waals surface area contributed by atoms with Crippen LogP contribution in [0.15, 0.2) is 12.3 Å². The highest BCUT2D eigenvalue weighted by Gasteiger charge is 2.18. The van der Waals surface area contributed by atoms with Gasteiger partial charge in [-0.25, -0.2) is 4.79 Å². The van der Waals surface area contributed by atoms with E-state index in [1.807, 2.05) is 13.0 Å². The highest BCUT2D eigenvalue weighted by atomic mass is 16.4. The third kappa shape index (κ3) is 4.23. The number of unbranched alkanes of at least 4 members (excludes halogenated alkanes) is 2. The molecule has 1 N–H and O–H groups in total. The molecule has 0 atom stereocenters. The van der Waals surface area contributed by atoms with Gasteiger partial charge in [0.05, 0.1) is 5.69 Å². The smallest absolute Gasteiger partial charge is 0.339 e. The van der Waals surface area contributed by atoms with Crippen LogP contribution in [0.3, 0.4) is 0 Å². The predicted molar refractivity (Wildman–Crippen MR) is 77.9 cm³/mol. The fourth-order valence-electron chi connectivity index (χ4n) is 2.14. The van der Waals surface area contributed by atoms with Crippen LogP contribution in [-0.2, 0) is 0 Å². The molecule has 0 aromatic carbocycles. The zero-order chi connectivity index (χ0) is 14.4. The van der Waals surface area contributed by atoms with Crippen molar-refractivity contribution in [1.29, 1.82) is 0 Å². The third-order valence-corrected chi connectivity index (χ3v) is 3.18. The molecule has 4 heteroatoms. The van der Waals surface area contributed by atoms with Gasteiger partial charge in [-0.15, -0.1) is 0 Å². The van der Waals surface area contributed by atoms with Gasteiger partial charge in [0.25, 0.3) is 0 Å². The van der Waals surface area contributed by atoms with E-state index in [0.29, 0.717) is 0 Å². The van der Waals surface area contributed by atoms with Crippen molar-refractivity contribution in [2.45, 2.75) is 53.0 Å².